The van der Waals surface area contributed by atoms with Crippen molar-refractivity contribution in [3.05, 3.63) is 28.8 Å². The Morgan fingerprint density at radius 3 is 2.84 bits per heavy atom. The van der Waals surface area contributed by atoms with Gasteiger partial charge in [0, 0.05) is 13.1 Å². The zero-order chi connectivity index (χ0) is 14.0. The predicted molar refractivity (Wildman–Crippen MR) is 76.6 cm³/mol. The maximum atomic E-state index is 12.5. The van der Waals surface area contributed by atoms with E-state index >= 15 is 0 Å². The third-order valence-electron chi connectivity index (χ3n) is 3.96. The van der Waals surface area contributed by atoms with Gasteiger partial charge in [0.2, 0.25) is 0 Å². The normalized spacial score (nSPS) is 23.1. The van der Waals surface area contributed by atoms with Gasteiger partial charge in [-0.2, -0.15) is 0 Å². The van der Waals surface area contributed by atoms with Crippen LogP contribution in [0.1, 0.15) is 43.0 Å². The Labute approximate surface area is 119 Å². The fourth-order valence-electron chi connectivity index (χ4n) is 2.79. The highest BCUT2D eigenvalue weighted by Crippen LogP contribution is 2.29. The smallest absolute Gasteiger partial charge is 0.255 e. The lowest BCUT2D eigenvalue weighted by Crippen LogP contribution is -2.39. The Balaban J connectivity index is 2.16. The number of halogens is 1. The molecule has 1 aromatic rings. The van der Waals surface area contributed by atoms with Crippen LogP contribution in [0.4, 0.5) is 0 Å². The number of benzene rings is 1. The van der Waals surface area contributed by atoms with Gasteiger partial charge in [0.05, 0.1) is 10.6 Å². The number of phenols is 1. The summed E-state index contributed by atoms with van der Waals surface area (Å²) < 4.78 is 0. The van der Waals surface area contributed by atoms with E-state index in [0.717, 1.165) is 19.3 Å². The molecule has 19 heavy (non-hydrogen) atoms. The zero-order valence-electron chi connectivity index (χ0n) is 11.4. The van der Waals surface area contributed by atoms with Crippen LogP contribution in [0.2, 0.25) is 5.02 Å². The number of nitrogens with zero attached hydrogens (tertiary/aromatic N) is 1. The number of carbonyl (C=O) groups is 1. The van der Waals surface area contributed by atoms with Crippen LogP contribution in [0, 0.1) is 5.92 Å². The first-order chi connectivity index (χ1) is 8.99. The second-order valence-corrected chi connectivity index (χ2v) is 5.91. The standard InChI is InChI=1S/C15H20ClNO2/c1-10-4-3-5-11(8-10)17(2)15(19)13-9-12(18)6-7-14(13)16/h6-7,9-11,18H,3-5,8H2,1-2H3. The summed E-state index contributed by atoms with van der Waals surface area (Å²) in [7, 11) is 1.82. The Bertz CT molecular complexity index is 475. The molecule has 1 aliphatic carbocycles. The molecule has 1 fully saturated rings. The molecule has 2 rings (SSSR count). The molecule has 2 atom stereocenters. The van der Waals surface area contributed by atoms with E-state index in [0.29, 0.717) is 16.5 Å². The van der Waals surface area contributed by atoms with Crippen molar-refractivity contribution in [3.8, 4) is 5.75 Å². The molecule has 0 bridgehead atoms. The second-order valence-electron chi connectivity index (χ2n) is 5.51. The lowest BCUT2D eigenvalue weighted by Gasteiger charge is -2.34. The van der Waals surface area contributed by atoms with E-state index in [1.54, 1.807) is 11.0 Å². The van der Waals surface area contributed by atoms with E-state index in [9.17, 15) is 9.90 Å². The van der Waals surface area contributed by atoms with Gasteiger partial charge in [0.15, 0.2) is 0 Å². The van der Waals surface area contributed by atoms with Crippen LogP contribution in [0.5, 0.6) is 5.75 Å². The Kier molecular flexibility index (Phi) is 4.35. The van der Waals surface area contributed by atoms with Gasteiger partial charge >= 0.3 is 0 Å². The number of aromatic hydroxyl groups is 1. The molecule has 0 spiro atoms. The van der Waals surface area contributed by atoms with Gasteiger partial charge in [-0.25, -0.2) is 0 Å². The first-order valence-electron chi connectivity index (χ1n) is 6.74. The summed E-state index contributed by atoms with van der Waals surface area (Å²) in [5.41, 5.74) is 0.377. The highest BCUT2D eigenvalue weighted by atomic mass is 35.5. The number of rotatable bonds is 2. The number of carbonyl (C=O) groups excluding carboxylic acids is 1. The van der Waals surface area contributed by atoms with E-state index in [4.69, 9.17) is 11.6 Å². The minimum atomic E-state index is -0.111. The van der Waals surface area contributed by atoms with E-state index in [2.05, 4.69) is 6.92 Å². The third-order valence-corrected chi connectivity index (χ3v) is 4.29. The fraction of sp³-hybridized carbons (Fsp3) is 0.533. The number of amides is 1. The zero-order valence-corrected chi connectivity index (χ0v) is 12.2. The Hall–Kier alpha value is -1.22. The van der Waals surface area contributed by atoms with Gasteiger partial charge in [0.1, 0.15) is 5.75 Å². The fourth-order valence-corrected chi connectivity index (χ4v) is 2.99. The van der Waals surface area contributed by atoms with Crippen LogP contribution < -0.4 is 0 Å². The van der Waals surface area contributed by atoms with Crippen LogP contribution >= 0.6 is 11.6 Å². The van der Waals surface area contributed by atoms with Crippen LogP contribution in [0.25, 0.3) is 0 Å². The molecule has 0 saturated heterocycles. The minimum absolute atomic E-state index is 0.0677. The van der Waals surface area contributed by atoms with Crippen molar-refractivity contribution in [3.63, 3.8) is 0 Å². The van der Waals surface area contributed by atoms with Crippen molar-refractivity contribution < 1.29 is 9.90 Å². The van der Waals surface area contributed by atoms with E-state index in [-0.39, 0.29) is 17.7 Å². The first-order valence-corrected chi connectivity index (χ1v) is 7.12. The molecule has 1 N–H and O–H groups in total. The van der Waals surface area contributed by atoms with Crippen LogP contribution in [0.15, 0.2) is 18.2 Å². The highest BCUT2D eigenvalue weighted by molar-refractivity contribution is 6.33. The third kappa shape index (κ3) is 3.21. The topological polar surface area (TPSA) is 40.5 Å². The van der Waals surface area contributed by atoms with Crippen molar-refractivity contribution in [2.75, 3.05) is 7.05 Å². The molecule has 104 valence electrons. The molecule has 1 aromatic carbocycles. The average molecular weight is 282 g/mol. The Morgan fingerprint density at radius 1 is 1.42 bits per heavy atom. The summed E-state index contributed by atoms with van der Waals surface area (Å²) in [6.07, 6.45) is 4.49. The lowest BCUT2D eigenvalue weighted by molar-refractivity contribution is 0.0672. The molecule has 0 aliphatic heterocycles. The van der Waals surface area contributed by atoms with E-state index in [1.807, 2.05) is 7.05 Å². The quantitative estimate of drug-likeness (QED) is 0.898. The Morgan fingerprint density at radius 2 is 2.16 bits per heavy atom. The van der Waals surface area contributed by atoms with Gasteiger partial charge < -0.3 is 10.0 Å². The number of phenolic OH excluding ortho intramolecular Hbond substituents is 1. The molecule has 0 aromatic heterocycles. The summed E-state index contributed by atoms with van der Waals surface area (Å²) in [5.74, 6) is 0.617. The largest absolute Gasteiger partial charge is 0.508 e. The van der Waals surface area contributed by atoms with Crippen molar-refractivity contribution in [1.29, 1.82) is 0 Å². The van der Waals surface area contributed by atoms with Crippen molar-refractivity contribution in [2.45, 2.75) is 38.6 Å². The monoisotopic (exact) mass is 281 g/mol. The molecule has 0 radical (unpaired) electrons. The lowest BCUT2D eigenvalue weighted by atomic mass is 9.86. The molecule has 2 unspecified atom stereocenters. The molecule has 1 aliphatic rings. The van der Waals surface area contributed by atoms with Gasteiger partial charge in [0.25, 0.3) is 5.91 Å². The summed E-state index contributed by atoms with van der Waals surface area (Å²) in [5, 5.41) is 9.88. The average Bonchev–Trinajstić information content (AvgIpc) is 2.40. The maximum Gasteiger partial charge on any atom is 0.255 e. The molecule has 4 heteroatoms. The summed E-state index contributed by atoms with van der Waals surface area (Å²) in [6.45, 7) is 2.23. The summed E-state index contributed by atoms with van der Waals surface area (Å²) in [6, 6.07) is 4.76. The predicted octanol–water partition coefficient (Wildman–Crippen LogP) is 3.70. The van der Waals surface area contributed by atoms with Crippen molar-refractivity contribution in [2.24, 2.45) is 5.92 Å². The molecule has 1 saturated carbocycles. The molecular weight excluding hydrogens is 262 g/mol. The maximum absolute atomic E-state index is 12.5. The highest BCUT2D eigenvalue weighted by Gasteiger charge is 2.27. The van der Waals surface area contributed by atoms with E-state index in [1.165, 1.54) is 18.6 Å². The number of hydrogen-bond donors (Lipinski definition) is 1. The van der Waals surface area contributed by atoms with E-state index < -0.39 is 0 Å². The summed E-state index contributed by atoms with van der Waals surface area (Å²) in [4.78, 5) is 14.2. The SMILES string of the molecule is CC1CCCC(N(C)C(=O)c2cc(O)ccc2Cl)C1. The summed E-state index contributed by atoms with van der Waals surface area (Å²) >= 11 is 6.04. The van der Waals surface area contributed by atoms with Crippen molar-refractivity contribution in [1.82, 2.24) is 4.90 Å². The molecule has 0 heterocycles. The van der Waals surface area contributed by atoms with Crippen molar-refractivity contribution >= 4 is 17.5 Å². The van der Waals surface area contributed by atoms with Gasteiger partial charge in [-0.1, -0.05) is 31.4 Å². The van der Waals surface area contributed by atoms with Gasteiger partial charge in [-0.3, -0.25) is 4.79 Å². The van der Waals surface area contributed by atoms with Gasteiger partial charge in [-0.05, 0) is 37.0 Å². The molecule has 1 amide bonds. The first kappa shape index (κ1) is 14.2. The van der Waals surface area contributed by atoms with Crippen LogP contribution in [-0.4, -0.2) is 29.0 Å². The minimum Gasteiger partial charge on any atom is -0.508 e. The second kappa shape index (κ2) is 5.83. The van der Waals surface area contributed by atoms with Crippen LogP contribution in [0.3, 0.4) is 0 Å². The van der Waals surface area contributed by atoms with Crippen LogP contribution in [-0.2, 0) is 0 Å². The van der Waals surface area contributed by atoms with Gasteiger partial charge in [-0.15, -0.1) is 0 Å². The molecule has 3 nitrogen and oxygen atoms in total. The molecular formula is C15H20ClNO2. The number of hydrogen-bond acceptors (Lipinski definition) is 2.